The van der Waals surface area contributed by atoms with Gasteiger partial charge in [0.2, 0.25) is 15.9 Å². The van der Waals surface area contributed by atoms with Gasteiger partial charge in [-0.2, -0.15) is 0 Å². The largest absolute Gasteiger partial charge is 0.326 e. The zero-order chi connectivity index (χ0) is 16.4. The minimum Gasteiger partial charge on any atom is -0.326 e. The maximum atomic E-state index is 11.9. The van der Waals surface area contributed by atoms with Crippen LogP contribution in [0.15, 0.2) is 24.3 Å². The molecule has 7 nitrogen and oxygen atoms in total. The summed E-state index contributed by atoms with van der Waals surface area (Å²) in [6.07, 6.45) is 1.51. The molecule has 0 aliphatic carbocycles. The molecule has 2 rings (SSSR count). The molecular formula is C13H18N2O5S2. The SMILES string of the molecule is CS(=O)(=O)CCC(=O)Nc1cccc(N2CCCS2(=O)=O)c1. The molecule has 0 radical (unpaired) electrons. The molecule has 1 saturated heterocycles. The normalized spacial score (nSPS) is 17.4. The Labute approximate surface area is 130 Å². The molecule has 1 heterocycles. The summed E-state index contributed by atoms with van der Waals surface area (Å²) in [7, 11) is -6.47. The summed E-state index contributed by atoms with van der Waals surface area (Å²) in [4.78, 5) is 11.7. The maximum Gasteiger partial charge on any atom is 0.235 e. The summed E-state index contributed by atoms with van der Waals surface area (Å²) in [6.45, 7) is 0.424. The number of benzene rings is 1. The van der Waals surface area contributed by atoms with Crippen molar-refractivity contribution in [3.63, 3.8) is 0 Å². The molecule has 1 fully saturated rings. The Morgan fingerprint density at radius 3 is 2.68 bits per heavy atom. The van der Waals surface area contributed by atoms with Crippen LogP contribution in [0.25, 0.3) is 0 Å². The van der Waals surface area contributed by atoms with Crippen LogP contribution in [-0.2, 0) is 24.7 Å². The van der Waals surface area contributed by atoms with Crippen LogP contribution < -0.4 is 9.62 Å². The van der Waals surface area contributed by atoms with Gasteiger partial charge in [0.25, 0.3) is 0 Å². The van der Waals surface area contributed by atoms with Crippen molar-refractivity contribution in [3.8, 4) is 0 Å². The van der Waals surface area contributed by atoms with Crippen molar-refractivity contribution >= 4 is 37.1 Å². The Bertz CT molecular complexity index is 771. The first kappa shape index (κ1) is 16.8. The molecule has 1 N–H and O–H groups in total. The van der Waals surface area contributed by atoms with Crippen molar-refractivity contribution in [2.75, 3.05) is 33.9 Å². The maximum absolute atomic E-state index is 11.9. The summed E-state index contributed by atoms with van der Waals surface area (Å²) < 4.78 is 47.1. The van der Waals surface area contributed by atoms with E-state index in [1.165, 1.54) is 4.31 Å². The van der Waals surface area contributed by atoms with E-state index >= 15 is 0 Å². The van der Waals surface area contributed by atoms with E-state index in [1.807, 2.05) is 0 Å². The molecule has 122 valence electrons. The zero-order valence-corrected chi connectivity index (χ0v) is 13.8. The Kier molecular flexibility index (Phi) is 4.76. The number of hydrogen-bond donors (Lipinski definition) is 1. The predicted molar refractivity (Wildman–Crippen MR) is 85.1 cm³/mol. The minimum absolute atomic E-state index is 0.123. The molecular weight excluding hydrogens is 328 g/mol. The van der Waals surface area contributed by atoms with Crippen LogP contribution in [0.1, 0.15) is 12.8 Å². The Hall–Kier alpha value is -1.61. The molecule has 1 aromatic carbocycles. The number of carbonyl (C=O) groups excluding carboxylic acids is 1. The Morgan fingerprint density at radius 1 is 1.36 bits per heavy atom. The standard InChI is InChI=1S/C13H18N2O5S2/c1-21(17,18)9-6-13(16)14-11-4-2-5-12(10-11)15-7-3-8-22(15,19)20/h2,4-5,10H,3,6-9H2,1H3,(H,14,16). The lowest BCUT2D eigenvalue weighted by atomic mass is 10.2. The number of nitrogens with one attached hydrogen (secondary N) is 1. The number of hydrogen-bond acceptors (Lipinski definition) is 5. The van der Waals surface area contributed by atoms with Crippen LogP contribution in [0, 0.1) is 0 Å². The number of nitrogens with zero attached hydrogens (tertiary/aromatic N) is 1. The number of carbonyl (C=O) groups is 1. The van der Waals surface area contributed by atoms with Gasteiger partial charge in [-0.1, -0.05) is 6.07 Å². The summed E-state index contributed by atoms with van der Waals surface area (Å²) in [6, 6.07) is 6.51. The molecule has 0 aromatic heterocycles. The van der Waals surface area contributed by atoms with Crippen LogP contribution in [-0.4, -0.2) is 47.0 Å². The van der Waals surface area contributed by atoms with Gasteiger partial charge in [0.15, 0.2) is 0 Å². The van der Waals surface area contributed by atoms with Crippen molar-refractivity contribution in [1.29, 1.82) is 0 Å². The van der Waals surface area contributed by atoms with Crippen LogP contribution in [0.3, 0.4) is 0 Å². The monoisotopic (exact) mass is 346 g/mol. The van der Waals surface area contributed by atoms with E-state index in [0.29, 0.717) is 24.3 Å². The van der Waals surface area contributed by atoms with E-state index in [2.05, 4.69) is 5.32 Å². The molecule has 1 amide bonds. The van der Waals surface area contributed by atoms with Crippen LogP contribution in [0.2, 0.25) is 0 Å². The summed E-state index contributed by atoms with van der Waals surface area (Å²) in [5.74, 6) is -0.524. The van der Waals surface area contributed by atoms with E-state index in [-0.39, 0.29) is 17.9 Å². The van der Waals surface area contributed by atoms with Gasteiger partial charge < -0.3 is 5.32 Å². The molecule has 0 unspecified atom stereocenters. The lowest BCUT2D eigenvalue weighted by Crippen LogP contribution is -2.25. The highest BCUT2D eigenvalue weighted by Crippen LogP contribution is 2.26. The average Bonchev–Trinajstić information content (AvgIpc) is 2.76. The second-order valence-corrected chi connectivity index (χ2v) is 9.49. The third kappa shape index (κ3) is 4.44. The first-order valence-corrected chi connectivity index (χ1v) is 10.4. The van der Waals surface area contributed by atoms with Crippen molar-refractivity contribution < 1.29 is 21.6 Å². The molecule has 9 heteroatoms. The lowest BCUT2D eigenvalue weighted by molar-refractivity contribution is -0.115. The van der Waals surface area contributed by atoms with Gasteiger partial charge in [-0.15, -0.1) is 0 Å². The number of amides is 1. The van der Waals surface area contributed by atoms with Crippen LogP contribution in [0.4, 0.5) is 11.4 Å². The summed E-state index contributed by atoms with van der Waals surface area (Å²) in [5.41, 5.74) is 0.941. The van der Waals surface area contributed by atoms with E-state index in [0.717, 1.165) is 6.26 Å². The van der Waals surface area contributed by atoms with E-state index in [9.17, 15) is 21.6 Å². The first-order chi connectivity index (χ1) is 10.2. The summed E-state index contributed by atoms with van der Waals surface area (Å²) in [5, 5.41) is 2.58. The van der Waals surface area contributed by atoms with Crippen LogP contribution in [0.5, 0.6) is 0 Å². The van der Waals surface area contributed by atoms with Gasteiger partial charge in [0, 0.05) is 24.9 Å². The Morgan fingerprint density at radius 2 is 2.09 bits per heavy atom. The topological polar surface area (TPSA) is 101 Å². The van der Waals surface area contributed by atoms with E-state index in [1.54, 1.807) is 24.3 Å². The molecule has 0 saturated carbocycles. The third-order valence-electron chi connectivity index (χ3n) is 3.22. The average molecular weight is 346 g/mol. The van der Waals surface area contributed by atoms with Crippen molar-refractivity contribution in [2.45, 2.75) is 12.8 Å². The fraction of sp³-hybridized carbons (Fsp3) is 0.462. The zero-order valence-electron chi connectivity index (χ0n) is 12.1. The smallest absolute Gasteiger partial charge is 0.235 e. The number of sulfonamides is 1. The fourth-order valence-corrected chi connectivity index (χ4v) is 4.28. The number of anilines is 2. The van der Waals surface area contributed by atoms with Gasteiger partial charge in [-0.25, -0.2) is 16.8 Å². The van der Waals surface area contributed by atoms with E-state index < -0.39 is 25.8 Å². The predicted octanol–water partition coefficient (Wildman–Crippen LogP) is 0.600. The quantitative estimate of drug-likeness (QED) is 0.841. The highest BCUT2D eigenvalue weighted by atomic mass is 32.2. The Balaban J connectivity index is 2.08. The highest BCUT2D eigenvalue weighted by Gasteiger charge is 2.28. The molecule has 1 aromatic rings. The van der Waals surface area contributed by atoms with Gasteiger partial charge in [0.05, 0.1) is 17.2 Å². The van der Waals surface area contributed by atoms with Crippen molar-refractivity contribution in [1.82, 2.24) is 0 Å². The number of rotatable bonds is 5. The number of sulfone groups is 1. The third-order valence-corrected chi connectivity index (χ3v) is 6.03. The first-order valence-electron chi connectivity index (χ1n) is 6.75. The van der Waals surface area contributed by atoms with E-state index in [4.69, 9.17) is 0 Å². The molecule has 0 spiro atoms. The van der Waals surface area contributed by atoms with Gasteiger partial charge in [0.1, 0.15) is 9.84 Å². The van der Waals surface area contributed by atoms with Crippen molar-refractivity contribution in [2.24, 2.45) is 0 Å². The second kappa shape index (κ2) is 6.25. The molecule has 22 heavy (non-hydrogen) atoms. The highest BCUT2D eigenvalue weighted by molar-refractivity contribution is 7.93. The van der Waals surface area contributed by atoms with Gasteiger partial charge >= 0.3 is 0 Å². The van der Waals surface area contributed by atoms with Gasteiger partial charge in [-0.3, -0.25) is 9.10 Å². The molecule has 1 aliphatic rings. The summed E-state index contributed by atoms with van der Waals surface area (Å²) >= 11 is 0. The van der Waals surface area contributed by atoms with Crippen molar-refractivity contribution in [3.05, 3.63) is 24.3 Å². The second-order valence-electron chi connectivity index (χ2n) is 5.22. The molecule has 1 aliphatic heterocycles. The molecule has 0 bridgehead atoms. The van der Waals surface area contributed by atoms with Crippen LogP contribution >= 0.6 is 0 Å². The van der Waals surface area contributed by atoms with Gasteiger partial charge in [-0.05, 0) is 24.6 Å². The lowest BCUT2D eigenvalue weighted by Gasteiger charge is -2.17. The minimum atomic E-state index is -3.27. The fourth-order valence-electron chi connectivity index (χ4n) is 2.17. The molecule has 0 atom stereocenters.